The first-order valence-corrected chi connectivity index (χ1v) is 11.2. The van der Waals surface area contributed by atoms with Crippen LogP contribution in [0.25, 0.3) is 21.7 Å². The van der Waals surface area contributed by atoms with E-state index in [2.05, 4.69) is 20.9 Å². The quantitative estimate of drug-likeness (QED) is 0.422. The van der Waals surface area contributed by atoms with Crippen molar-refractivity contribution in [1.82, 2.24) is 25.6 Å². The number of carbonyl (C=O) groups excluding carboxylic acids is 2. The van der Waals surface area contributed by atoms with Gasteiger partial charge in [-0.3, -0.25) is 25.2 Å². The number of para-hydroxylation sites is 1. The highest BCUT2D eigenvalue weighted by Gasteiger charge is 2.21. The third-order valence-corrected chi connectivity index (χ3v) is 6.20. The fraction of sp³-hybridized carbons (Fsp3) is 0.280. The zero-order valence-electron chi connectivity index (χ0n) is 18.6. The van der Waals surface area contributed by atoms with Gasteiger partial charge in [0.15, 0.2) is 5.69 Å². The standard InChI is InChI=1S/C25H25N5O3/c1-14(2)30-25(33)18-10-4-3-9-17(18)22(29-30)24(32)28-27-23(31)19-12-7-11-16-15-8-5-6-13-20(15)26-21(16)19/h3-4,7,9-12,14,26H,5-6,8,13H2,1-2H3,(H,27,31)(H,28,32). The van der Waals surface area contributed by atoms with Gasteiger partial charge < -0.3 is 4.98 Å². The Labute approximate surface area is 190 Å². The molecule has 5 rings (SSSR count). The highest BCUT2D eigenvalue weighted by molar-refractivity contribution is 6.09. The predicted molar refractivity (Wildman–Crippen MR) is 126 cm³/mol. The van der Waals surface area contributed by atoms with Crippen LogP contribution >= 0.6 is 0 Å². The zero-order valence-corrected chi connectivity index (χ0v) is 18.6. The maximum Gasteiger partial charge on any atom is 0.290 e. The van der Waals surface area contributed by atoms with Gasteiger partial charge in [-0.05, 0) is 57.2 Å². The number of aromatic nitrogens is 3. The molecule has 0 unspecified atom stereocenters. The van der Waals surface area contributed by atoms with Crippen LogP contribution in [0, 0.1) is 0 Å². The van der Waals surface area contributed by atoms with Crippen molar-refractivity contribution >= 4 is 33.5 Å². The summed E-state index contributed by atoms with van der Waals surface area (Å²) in [7, 11) is 0. The molecule has 2 aromatic heterocycles. The van der Waals surface area contributed by atoms with Crippen LogP contribution in [-0.4, -0.2) is 26.6 Å². The van der Waals surface area contributed by atoms with Crippen LogP contribution in [0.1, 0.15) is 64.8 Å². The molecule has 0 bridgehead atoms. The van der Waals surface area contributed by atoms with E-state index in [-0.39, 0.29) is 17.3 Å². The second-order valence-corrected chi connectivity index (χ2v) is 8.66. The Morgan fingerprint density at radius 3 is 2.42 bits per heavy atom. The maximum absolute atomic E-state index is 13.0. The van der Waals surface area contributed by atoms with Crippen LogP contribution in [0.15, 0.2) is 47.3 Å². The van der Waals surface area contributed by atoms with Crippen LogP contribution in [0.5, 0.6) is 0 Å². The number of H-pyrrole nitrogens is 1. The second-order valence-electron chi connectivity index (χ2n) is 8.66. The number of nitrogens with zero attached hydrogens (tertiary/aromatic N) is 2. The molecule has 0 aliphatic heterocycles. The van der Waals surface area contributed by atoms with E-state index in [0.717, 1.165) is 36.6 Å². The zero-order chi connectivity index (χ0) is 23.1. The summed E-state index contributed by atoms with van der Waals surface area (Å²) in [4.78, 5) is 42.1. The monoisotopic (exact) mass is 443 g/mol. The number of carbonyl (C=O) groups is 2. The Kier molecular flexibility index (Phi) is 5.20. The van der Waals surface area contributed by atoms with Crippen LogP contribution < -0.4 is 16.4 Å². The summed E-state index contributed by atoms with van der Waals surface area (Å²) in [6, 6.07) is 12.2. The molecule has 1 aliphatic carbocycles. The van der Waals surface area contributed by atoms with E-state index < -0.39 is 11.8 Å². The van der Waals surface area contributed by atoms with Crippen LogP contribution in [0.2, 0.25) is 0 Å². The molecule has 8 nitrogen and oxygen atoms in total. The minimum atomic E-state index is -0.591. The van der Waals surface area contributed by atoms with E-state index in [0.29, 0.717) is 16.3 Å². The molecule has 2 amide bonds. The Morgan fingerprint density at radius 2 is 1.64 bits per heavy atom. The van der Waals surface area contributed by atoms with Crippen molar-refractivity contribution in [3.8, 4) is 0 Å². The smallest absolute Gasteiger partial charge is 0.290 e. The van der Waals surface area contributed by atoms with E-state index in [4.69, 9.17) is 0 Å². The summed E-state index contributed by atoms with van der Waals surface area (Å²) in [6.45, 7) is 3.65. The Bertz CT molecular complexity index is 1460. The number of hydrazine groups is 1. The van der Waals surface area contributed by atoms with E-state index in [1.807, 2.05) is 26.0 Å². The highest BCUT2D eigenvalue weighted by atomic mass is 16.2. The molecule has 3 N–H and O–H groups in total. The molecule has 0 saturated heterocycles. The number of hydrogen-bond donors (Lipinski definition) is 3. The van der Waals surface area contributed by atoms with Crippen molar-refractivity contribution in [2.75, 3.05) is 0 Å². The molecule has 4 aromatic rings. The third-order valence-electron chi connectivity index (χ3n) is 6.20. The maximum atomic E-state index is 13.0. The number of amides is 2. The SMILES string of the molecule is CC(C)n1nc(C(=O)NNC(=O)c2cccc3c4c([nH]c23)CCCC4)c2ccccc2c1=O. The number of aryl methyl sites for hydroxylation is 2. The molecule has 2 heterocycles. The van der Waals surface area contributed by atoms with E-state index in [9.17, 15) is 14.4 Å². The second kappa shape index (κ2) is 8.20. The van der Waals surface area contributed by atoms with Crippen molar-refractivity contribution in [3.05, 3.63) is 75.3 Å². The topological polar surface area (TPSA) is 109 Å². The molecule has 2 aromatic carbocycles. The average molecular weight is 444 g/mol. The summed E-state index contributed by atoms with van der Waals surface area (Å²) in [6.07, 6.45) is 4.26. The molecule has 1 aliphatic rings. The molecular formula is C25H25N5O3. The van der Waals surface area contributed by atoms with Crippen molar-refractivity contribution in [3.63, 3.8) is 0 Å². The van der Waals surface area contributed by atoms with Crippen LogP contribution in [-0.2, 0) is 12.8 Å². The lowest BCUT2D eigenvalue weighted by Gasteiger charge is -2.14. The molecule has 0 atom stereocenters. The van der Waals surface area contributed by atoms with Crippen LogP contribution in [0.3, 0.4) is 0 Å². The van der Waals surface area contributed by atoms with E-state index >= 15 is 0 Å². The number of hydrogen-bond acceptors (Lipinski definition) is 4. The average Bonchev–Trinajstić information content (AvgIpc) is 3.21. The predicted octanol–water partition coefficient (Wildman–Crippen LogP) is 3.41. The fourth-order valence-corrected chi connectivity index (χ4v) is 4.58. The number of aromatic amines is 1. The van der Waals surface area contributed by atoms with Gasteiger partial charge in [-0.15, -0.1) is 0 Å². The Morgan fingerprint density at radius 1 is 0.939 bits per heavy atom. The van der Waals surface area contributed by atoms with Gasteiger partial charge >= 0.3 is 0 Å². The molecule has 0 saturated carbocycles. The Balaban J connectivity index is 1.44. The number of fused-ring (bicyclic) bond motifs is 4. The van der Waals surface area contributed by atoms with Gasteiger partial charge in [-0.25, -0.2) is 4.68 Å². The molecular weight excluding hydrogens is 418 g/mol. The molecule has 0 fully saturated rings. The first-order valence-electron chi connectivity index (χ1n) is 11.2. The largest absolute Gasteiger partial charge is 0.358 e. The lowest BCUT2D eigenvalue weighted by molar-refractivity contribution is 0.0844. The molecule has 33 heavy (non-hydrogen) atoms. The minimum absolute atomic E-state index is 0.0766. The van der Waals surface area contributed by atoms with Gasteiger partial charge in [-0.1, -0.05) is 30.3 Å². The van der Waals surface area contributed by atoms with Gasteiger partial charge in [0, 0.05) is 16.5 Å². The van der Waals surface area contributed by atoms with Gasteiger partial charge in [0.1, 0.15) is 0 Å². The lowest BCUT2D eigenvalue weighted by atomic mass is 9.95. The summed E-state index contributed by atoms with van der Waals surface area (Å²) in [5, 5.41) is 6.17. The van der Waals surface area contributed by atoms with Gasteiger partial charge in [0.2, 0.25) is 0 Å². The molecule has 8 heteroatoms. The third kappa shape index (κ3) is 3.57. The van der Waals surface area contributed by atoms with Crippen molar-refractivity contribution in [2.45, 2.75) is 45.6 Å². The summed E-state index contributed by atoms with van der Waals surface area (Å²) in [5.74, 6) is -1.01. The van der Waals surface area contributed by atoms with Crippen molar-refractivity contribution in [2.24, 2.45) is 0 Å². The number of nitrogens with one attached hydrogen (secondary N) is 3. The minimum Gasteiger partial charge on any atom is -0.358 e. The lowest BCUT2D eigenvalue weighted by Crippen LogP contribution is -2.43. The van der Waals surface area contributed by atoms with Gasteiger partial charge in [-0.2, -0.15) is 5.10 Å². The number of benzene rings is 2. The van der Waals surface area contributed by atoms with Crippen LogP contribution in [0.4, 0.5) is 0 Å². The summed E-state index contributed by atoms with van der Waals surface area (Å²) >= 11 is 0. The normalized spacial score (nSPS) is 13.3. The van der Waals surface area contributed by atoms with Crippen molar-refractivity contribution in [1.29, 1.82) is 0 Å². The van der Waals surface area contributed by atoms with Gasteiger partial charge in [0.05, 0.1) is 22.5 Å². The molecule has 168 valence electrons. The van der Waals surface area contributed by atoms with E-state index in [1.54, 1.807) is 30.3 Å². The first kappa shape index (κ1) is 20.9. The Hall–Kier alpha value is -3.94. The molecule has 0 spiro atoms. The number of rotatable bonds is 3. The van der Waals surface area contributed by atoms with Gasteiger partial charge in [0.25, 0.3) is 17.4 Å². The summed E-state index contributed by atoms with van der Waals surface area (Å²) in [5.41, 5.74) is 8.52. The van der Waals surface area contributed by atoms with E-state index in [1.165, 1.54) is 15.9 Å². The highest BCUT2D eigenvalue weighted by Crippen LogP contribution is 2.30. The fourth-order valence-electron chi connectivity index (χ4n) is 4.58. The summed E-state index contributed by atoms with van der Waals surface area (Å²) < 4.78 is 1.28. The first-order chi connectivity index (χ1) is 16.0. The van der Waals surface area contributed by atoms with Crippen molar-refractivity contribution < 1.29 is 9.59 Å². The molecule has 0 radical (unpaired) electrons.